The van der Waals surface area contributed by atoms with Gasteiger partial charge in [-0.3, -0.25) is 15.0 Å². The van der Waals surface area contributed by atoms with E-state index in [-0.39, 0.29) is 11.7 Å². The number of carbonyl (C=O) groups excluding carboxylic acids is 2. The summed E-state index contributed by atoms with van der Waals surface area (Å²) in [6, 6.07) is 12.3. The van der Waals surface area contributed by atoms with Gasteiger partial charge in [-0.1, -0.05) is 18.2 Å². The Kier molecular flexibility index (Phi) is 8.41. The maximum atomic E-state index is 13.8. The number of nitrogen functional groups attached to an aromatic ring is 1. The fourth-order valence-corrected chi connectivity index (χ4v) is 5.06. The van der Waals surface area contributed by atoms with Gasteiger partial charge in [-0.05, 0) is 70.4 Å². The third kappa shape index (κ3) is 6.61. The van der Waals surface area contributed by atoms with Crippen molar-refractivity contribution in [1.29, 1.82) is 0 Å². The van der Waals surface area contributed by atoms with Gasteiger partial charge in [0, 0.05) is 49.3 Å². The standard InChI is InChI=1S/C29H36N10O2/c1-20-6-4-7-24(33-20)35-29(41)34-22-10-8-21(9-11-22)25-23(18-39-26(25)27(30)31-19-32-39)28(40)38-16-14-37(15-17-38)13-5-12-36(2)3/h4,6-11,18-19H,5,12-17H2,1-3H3,(H2,30,31,32)(H2,33,34,35,41). The Balaban J connectivity index is 1.33. The summed E-state index contributed by atoms with van der Waals surface area (Å²) in [7, 11) is 4.16. The van der Waals surface area contributed by atoms with Crippen LogP contribution < -0.4 is 16.4 Å². The van der Waals surface area contributed by atoms with Gasteiger partial charge in [0.25, 0.3) is 5.91 Å². The number of hydrogen-bond donors (Lipinski definition) is 3. The molecule has 0 atom stereocenters. The molecule has 0 radical (unpaired) electrons. The highest BCUT2D eigenvalue weighted by Gasteiger charge is 2.27. The molecule has 4 heterocycles. The number of carbonyl (C=O) groups is 2. The summed E-state index contributed by atoms with van der Waals surface area (Å²) in [6.07, 6.45) is 4.20. The number of fused-ring (bicyclic) bond motifs is 1. The van der Waals surface area contributed by atoms with Crippen LogP contribution in [0.1, 0.15) is 22.5 Å². The second kappa shape index (κ2) is 12.3. The van der Waals surface area contributed by atoms with Gasteiger partial charge in [-0.15, -0.1) is 0 Å². The quantitative estimate of drug-likeness (QED) is 0.301. The number of anilines is 3. The number of nitrogens with two attached hydrogens (primary N) is 1. The molecule has 4 aromatic rings. The zero-order chi connectivity index (χ0) is 28.9. The lowest BCUT2D eigenvalue weighted by molar-refractivity contribution is 0.0634. The highest BCUT2D eigenvalue weighted by Crippen LogP contribution is 2.34. The molecule has 0 unspecified atom stereocenters. The summed E-state index contributed by atoms with van der Waals surface area (Å²) in [5.74, 6) is 0.685. The van der Waals surface area contributed by atoms with Gasteiger partial charge in [0.05, 0.1) is 5.56 Å². The molecule has 1 aromatic carbocycles. The van der Waals surface area contributed by atoms with Gasteiger partial charge in [0.1, 0.15) is 17.7 Å². The van der Waals surface area contributed by atoms with Crippen LogP contribution in [0, 0.1) is 6.92 Å². The zero-order valence-corrected chi connectivity index (χ0v) is 23.7. The third-order valence-electron chi connectivity index (χ3n) is 7.13. The topological polar surface area (TPSA) is 137 Å². The fraction of sp³-hybridized carbons (Fsp3) is 0.345. The van der Waals surface area contributed by atoms with E-state index in [0.717, 1.165) is 43.9 Å². The lowest BCUT2D eigenvalue weighted by atomic mass is 10.0. The van der Waals surface area contributed by atoms with Crippen molar-refractivity contribution in [3.63, 3.8) is 0 Å². The second-order valence-electron chi connectivity index (χ2n) is 10.5. The molecule has 5 rings (SSSR count). The van der Waals surface area contributed by atoms with E-state index in [4.69, 9.17) is 5.73 Å². The molecule has 0 aliphatic carbocycles. The predicted octanol–water partition coefficient (Wildman–Crippen LogP) is 3.04. The molecule has 1 aliphatic heterocycles. The smallest absolute Gasteiger partial charge is 0.324 e. The minimum atomic E-state index is -0.403. The molecule has 3 amide bonds. The number of rotatable bonds is 8. The van der Waals surface area contributed by atoms with Gasteiger partial charge < -0.3 is 20.9 Å². The van der Waals surface area contributed by atoms with E-state index in [1.54, 1.807) is 28.9 Å². The van der Waals surface area contributed by atoms with Crippen LogP contribution in [0.2, 0.25) is 0 Å². The minimum Gasteiger partial charge on any atom is -0.382 e. The summed E-state index contributed by atoms with van der Waals surface area (Å²) >= 11 is 0. The molecule has 4 N–H and O–H groups in total. The number of hydrogen-bond acceptors (Lipinski definition) is 8. The minimum absolute atomic E-state index is 0.0647. The number of piperazine rings is 1. The van der Waals surface area contributed by atoms with E-state index in [0.29, 0.717) is 41.2 Å². The average molecular weight is 557 g/mol. The van der Waals surface area contributed by atoms with Crippen LogP contribution in [0.3, 0.4) is 0 Å². The van der Waals surface area contributed by atoms with E-state index in [1.165, 1.54) is 6.33 Å². The van der Waals surface area contributed by atoms with E-state index in [9.17, 15) is 9.59 Å². The van der Waals surface area contributed by atoms with E-state index in [2.05, 4.69) is 49.6 Å². The largest absolute Gasteiger partial charge is 0.382 e. The first-order valence-corrected chi connectivity index (χ1v) is 13.7. The van der Waals surface area contributed by atoms with Crippen molar-refractivity contribution in [2.45, 2.75) is 13.3 Å². The van der Waals surface area contributed by atoms with Crippen LogP contribution in [0.4, 0.5) is 22.1 Å². The number of pyridine rings is 1. The fourth-order valence-electron chi connectivity index (χ4n) is 5.06. The van der Waals surface area contributed by atoms with Crippen LogP contribution in [0.5, 0.6) is 0 Å². The van der Waals surface area contributed by atoms with Gasteiger partial charge in [-0.25, -0.2) is 19.3 Å². The molecule has 12 nitrogen and oxygen atoms in total. The maximum Gasteiger partial charge on any atom is 0.324 e. The van der Waals surface area contributed by atoms with Crippen molar-refractivity contribution in [1.82, 2.24) is 34.3 Å². The SMILES string of the molecule is Cc1cccc(NC(=O)Nc2ccc(-c3c(C(=O)N4CCN(CCCN(C)C)CC4)cn4ncnc(N)c34)cc2)n1. The van der Waals surface area contributed by atoms with E-state index >= 15 is 0 Å². The van der Waals surface area contributed by atoms with E-state index < -0.39 is 6.03 Å². The van der Waals surface area contributed by atoms with Crippen LogP contribution in [-0.2, 0) is 0 Å². The van der Waals surface area contributed by atoms with Crippen molar-refractivity contribution in [2.24, 2.45) is 0 Å². The normalized spacial score (nSPS) is 14.0. The Labute approximate surface area is 239 Å². The number of amides is 3. The Bertz CT molecular complexity index is 1520. The summed E-state index contributed by atoms with van der Waals surface area (Å²) in [4.78, 5) is 41.3. The average Bonchev–Trinajstić information content (AvgIpc) is 3.34. The monoisotopic (exact) mass is 556 g/mol. The van der Waals surface area contributed by atoms with Crippen molar-refractivity contribution in [3.05, 3.63) is 66.2 Å². The lowest BCUT2D eigenvalue weighted by Gasteiger charge is -2.35. The molecule has 214 valence electrons. The molecule has 0 spiro atoms. The van der Waals surface area contributed by atoms with E-state index in [1.807, 2.05) is 36.1 Å². The highest BCUT2D eigenvalue weighted by atomic mass is 16.2. The lowest BCUT2D eigenvalue weighted by Crippen LogP contribution is -2.49. The zero-order valence-electron chi connectivity index (χ0n) is 23.7. The number of urea groups is 1. The molecule has 12 heteroatoms. The second-order valence-corrected chi connectivity index (χ2v) is 10.5. The Morgan fingerprint density at radius 3 is 2.49 bits per heavy atom. The molecule has 1 aliphatic rings. The van der Waals surface area contributed by atoms with Crippen molar-refractivity contribution < 1.29 is 9.59 Å². The predicted molar refractivity (Wildman–Crippen MR) is 160 cm³/mol. The van der Waals surface area contributed by atoms with Crippen molar-refractivity contribution >= 4 is 34.8 Å². The Morgan fingerprint density at radius 1 is 1.02 bits per heavy atom. The molecule has 1 fully saturated rings. The molecule has 0 saturated carbocycles. The molecule has 41 heavy (non-hydrogen) atoms. The van der Waals surface area contributed by atoms with Crippen LogP contribution in [0.25, 0.3) is 16.6 Å². The first-order valence-electron chi connectivity index (χ1n) is 13.7. The Morgan fingerprint density at radius 2 is 1.78 bits per heavy atom. The number of aryl methyl sites for hydroxylation is 1. The first kappa shape index (κ1) is 28.0. The van der Waals surface area contributed by atoms with Gasteiger partial charge >= 0.3 is 6.03 Å². The first-order chi connectivity index (χ1) is 19.8. The third-order valence-corrected chi connectivity index (χ3v) is 7.13. The molecule has 3 aromatic heterocycles. The summed E-state index contributed by atoms with van der Waals surface area (Å²) in [6.45, 7) is 6.91. The molecular formula is C29H36N10O2. The van der Waals surface area contributed by atoms with Gasteiger partial charge in [0.2, 0.25) is 0 Å². The summed E-state index contributed by atoms with van der Waals surface area (Å²) in [5, 5.41) is 9.86. The molecule has 1 saturated heterocycles. The number of aromatic nitrogens is 4. The van der Waals surface area contributed by atoms with Crippen LogP contribution in [-0.4, -0.2) is 99.6 Å². The highest BCUT2D eigenvalue weighted by molar-refractivity contribution is 6.07. The number of nitrogens with zero attached hydrogens (tertiary/aromatic N) is 7. The summed E-state index contributed by atoms with van der Waals surface area (Å²) < 4.78 is 1.61. The van der Waals surface area contributed by atoms with Gasteiger partial charge in [-0.2, -0.15) is 5.10 Å². The van der Waals surface area contributed by atoms with Crippen LogP contribution in [0.15, 0.2) is 55.0 Å². The van der Waals surface area contributed by atoms with Crippen molar-refractivity contribution in [3.8, 4) is 11.1 Å². The summed E-state index contributed by atoms with van der Waals surface area (Å²) in [5.41, 5.74) is 10.2. The molecule has 0 bridgehead atoms. The number of benzene rings is 1. The number of nitrogens with one attached hydrogen (secondary N) is 2. The Hall–Kier alpha value is -4.55. The maximum absolute atomic E-state index is 13.8. The molecular weight excluding hydrogens is 520 g/mol. The van der Waals surface area contributed by atoms with Crippen LogP contribution >= 0.6 is 0 Å². The van der Waals surface area contributed by atoms with Gasteiger partial charge in [0.15, 0.2) is 5.82 Å². The van der Waals surface area contributed by atoms with Crippen molar-refractivity contribution in [2.75, 3.05) is 69.7 Å².